The third-order valence-electron chi connectivity index (χ3n) is 3.32. The van der Waals surface area contributed by atoms with Gasteiger partial charge in [0.05, 0.1) is 0 Å². The van der Waals surface area contributed by atoms with E-state index in [1.165, 1.54) is 18.2 Å². The summed E-state index contributed by atoms with van der Waals surface area (Å²) in [6.07, 6.45) is 0.547. The van der Waals surface area contributed by atoms with Crippen LogP contribution in [0.4, 0.5) is 4.39 Å². The molecule has 0 radical (unpaired) electrons. The van der Waals surface area contributed by atoms with Crippen molar-refractivity contribution in [2.75, 3.05) is 6.61 Å². The minimum Gasteiger partial charge on any atom is -0.453 e. The lowest BCUT2D eigenvalue weighted by Crippen LogP contribution is -2.37. The molecule has 0 spiro atoms. The van der Waals surface area contributed by atoms with E-state index in [-0.39, 0.29) is 17.4 Å². The second-order valence-corrected chi connectivity index (χ2v) is 4.64. The Morgan fingerprint density at radius 1 is 1.37 bits per heavy atom. The number of carbonyl (C=O) groups is 1. The van der Waals surface area contributed by atoms with Gasteiger partial charge < -0.3 is 9.15 Å². The molecule has 1 aromatic carbocycles. The van der Waals surface area contributed by atoms with E-state index < -0.39 is 5.60 Å². The molecule has 1 heterocycles. The maximum absolute atomic E-state index is 13.1. The molecule has 1 atom stereocenters. The number of halogens is 1. The monoisotopic (exact) mass is 264 g/mol. The highest BCUT2D eigenvalue weighted by Gasteiger charge is 2.34. The van der Waals surface area contributed by atoms with Gasteiger partial charge in [0.1, 0.15) is 17.0 Å². The van der Waals surface area contributed by atoms with Gasteiger partial charge in [-0.15, -0.1) is 0 Å². The van der Waals surface area contributed by atoms with E-state index in [2.05, 4.69) is 0 Å². The van der Waals surface area contributed by atoms with Gasteiger partial charge in [-0.1, -0.05) is 6.92 Å². The Labute approximate surface area is 111 Å². The van der Waals surface area contributed by atoms with Crippen LogP contribution in [0.5, 0.6) is 0 Å². The molecule has 0 N–H and O–H groups in total. The van der Waals surface area contributed by atoms with Crippen LogP contribution in [0, 0.1) is 5.82 Å². The normalized spacial score (nSPS) is 14.5. The van der Waals surface area contributed by atoms with Crippen molar-refractivity contribution in [2.24, 2.45) is 0 Å². The summed E-state index contributed by atoms with van der Waals surface area (Å²) in [4.78, 5) is 12.4. The van der Waals surface area contributed by atoms with Crippen molar-refractivity contribution in [2.45, 2.75) is 32.8 Å². The molecule has 0 fully saturated rings. The predicted octanol–water partition coefficient (Wildman–Crippen LogP) is 3.96. The molecule has 0 aliphatic carbocycles. The Balaban J connectivity index is 2.40. The van der Waals surface area contributed by atoms with Crippen molar-refractivity contribution in [3.8, 4) is 0 Å². The summed E-state index contributed by atoms with van der Waals surface area (Å²) in [5.74, 6) is -0.359. The van der Waals surface area contributed by atoms with Crippen molar-refractivity contribution in [1.82, 2.24) is 0 Å². The first kappa shape index (κ1) is 13.7. The van der Waals surface area contributed by atoms with Crippen molar-refractivity contribution in [3.05, 3.63) is 35.8 Å². The Kier molecular flexibility index (Phi) is 3.71. The fraction of sp³-hybridized carbons (Fsp3) is 0.400. The summed E-state index contributed by atoms with van der Waals surface area (Å²) in [6.45, 7) is 5.92. The van der Waals surface area contributed by atoms with Crippen molar-refractivity contribution in [3.63, 3.8) is 0 Å². The molecule has 2 aromatic rings. The summed E-state index contributed by atoms with van der Waals surface area (Å²) >= 11 is 0. The van der Waals surface area contributed by atoms with Crippen LogP contribution >= 0.6 is 0 Å². The maximum Gasteiger partial charge on any atom is 0.229 e. The molecular formula is C15H17FO3. The molecule has 19 heavy (non-hydrogen) atoms. The van der Waals surface area contributed by atoms with Crippen LogP contribution in [-0.4, -0.2) is 18.0 Å². The average molecular weight is 264 g/mol. The van der Waals surface area contributed by atoms with Gasteiger partial charge in [0.25, 0.3) is 0 Å². The molecule has 4 heteroatoms. The highest BCUT2D eigenvalue weighted by atomic mass is 19.1. The zero-order valence-corrected chi connectivity index (χ0v) is 11.3. The van der Waals surface area contributed by atoms with Gasteiger partial charge in [-0.2, -0.15) is 0 Å². The maximum atomic E-state index is 13.1. The molecule has 0 aliphatic heterocycles. The van der Waals surface area contributed by atoms with Gasteiger partial charge in [-0.3, -0.25) is 4.79 Å². The Morgan fingerprint density at radius 3 is 2.74 bits per heavy atom. The first-order valence-electron chi connectivity index (χ1n) is 6.38. The number of ether oxygens (including phenoxy) is 1. The molecule has 0 saturated carbocycles. The fourth-order valence-electron chi connectivity index (χ4n) is 2.03. The fourth-order valence-corrected chi connectivity index (χ4v) is 2.03. The van der Waals surface area contributed by atoms with Crippen molar-refractivity contribution < 1.29 is 18.3 Å². The molecule has 0 bridgehead atoms. The number of carbonyl (C=O) groups excluding carboxylic acids is 1. The van der Waals surface area contributed by atoms with Crippen LogP contribution in [0.15, 0.2) is 28.7 Å². The van der Waals surface area contributed by atoms with Gasteiger partial charge in [-0.25, -0.2) is 4.39 Å². The number of hydrogen-bond acceptors (Lipinski definition) is 3. The highest BCUT2D eigenvalue weighted by molar-refractivity contribution is 6.02. The van der Waals surface area contributed by atoms with Crippen LogP contribution < -0.4 is 0 Å². The number of benzene rings is 1. The second-order valence-electron chi connectivity index (χ2n) is 4.64. The average Bonchev–Trinajstić information content (AvgIpc) is 2.80. The Hall–Kier alpha value is -1.68. The SMILES string of the molecule is CCOC(C)(CC)C(=O)c1cc2cc(F)ccc2o1. The number of Topliss-reactive ketones (excluding diaryl/α,β-unsaturated/α-hetero) is 1. The lowest BCUT2D eigenvalue weighted by atomic mass is 9.95. The van der Waals surface area contributed by atoms with E-state index in [1.807, 2.05) is 13.8 Å². The second kappa shape index (κ2) is 5.13. The third-order valence-corrected chi connectivity index (χ3v) is 3.32. The standard InChI is InChI=1S/C15H17FO3/c1-4-15(3,18-5-2)14(17)13-9-10-8-11(16)6-7-12(10)19-13/h6-9H,4-5H2,1-3H3. The molecule has 0 aliphatic rings. The number of ketones is 1. The van der Waals surface area contributed by atoms with Crippen LogP contribution in [0.1, 0.15) is 37.7 Å². The highest BCUT2D eigenvalue weighted by Crippen LogP contribution is 2.26. The zero-order chi connectivity index (χ0) is 14.0. The summed E-state index contributed by atoms with van der Waals surface area (Å²) in [7, 11) is 0. The zero-order valence-electron chi connectivity index (χ0n) is 11.3. The first-order chi connectivity index (χ1) is 9.00. The van der Waals surface area contributed by atoms with Gasteiger partial charge in [-0.05, 0) is 44.5 Å². The lowest BCUT2D eigenvalue weighted by Gasteiger charge is -2.25. The number of hydrogen-bond donors (Lipinski definition) is 0. The number of furan rings is 1. The van der Waals surface area contributed by atoms with E-state index in [0.29, 0.717) is 24.0 Å². The molecule has 0 saturated heterocycles. The molecule has 102 valence electrons. The van der Waals surface area contributed by atoms with Crippen LogP contribution in [0.3, 0.4) is 0 Å². The largest absolute Gasteiger partial charge is 0.453 e. The van der Waals surface area contributed by atoms with Gasteiger partial charge in [0, 0.05) is 12.0 Å². The lowest BCUT2D eigenvalue weighted by molar-refractivity contribution is -0.0132. The first-order valence-corrected chi connectivity index (χ1v) is 6.38. The number of fused-ring (bicyclic) bond motifs is 1. The molecule has 0 amide bonds. The summed E-state index contributed by atoms with van der Waals surface area (Å²) in [5.41, 5.74) is -0.402. The van der Waals surface area contributed by atoms with Crippen LogP contribution in [0.2, 0.25) is 0 Å². The minimum absolute atomic E-state index is 0.207. The summed E-state index contributed by atoms with van der Waals surface area (Å²) < 4.78 is 24.1. The minimum atomic E-state index is -0.902. The van der Waals surface area contributed by atoms with E-state index >= 15 is 0 Å². The molecule has 1 aromatic heterocycles. The quantitative estimate of drug-likeness (QED) is 0.767. The van der Waals surface area contributed by atoms with E-state index in [4.69, 9.17) is 9.15 Å². The third kappa shape index (κ3) is 2.54. The van der Waals surface area contributed by atoms with Crippen LogP contribution in [-0.2, 0) is 4.74 Å². The van der Waals surface area contributed by atoms with Gasteiger partial charge in [0.2, 0.25) is 5.78 Å². The molecule has 1 unspecified atom stereocenters. The van der Waals surface area contributed by atoms with Crippen LogP contribution in [0.25, 0.3) is 11.0 Å². The Morgan fingerprint density at radius 2 is 2.11 bits per heavy atom. The van der Waals surface area contributed by atoms with Crippen molar-refractivity contribution >= 4 is 16.8 Å². The number of rotatable bonds is 5. The Bertz CT molecular complexity index is 602. The molecular weight excluding hydrogens is 247 g/mol. The van der Waals surface area contributed by atoms with Gasteiger partial charge >= 0.3 is 0 Å². The topological polar surface area (TPSA) is 39.4 Å². The van der Waals surface area contributed by atoms with E-state index in [1.54, 1.807) is 13.0 Å². The smallest absolute Gasteiger partial charge is 0.229 e. The van der Waals surface area contributed by atoms with Gasteiger partial charge in [0.15, 0.2) is 5.76 Å². The molecule has 2 rings (SSSR count). The molecule has 3 nitrogen and oxygen atoms in total. The van der Waals surface area contributed by atoms with E-state index in [9.17, 15) is 9.18 Å². The summed E-state index contributed by atoms with van der Waals surface area (Å²) in [6, 6.07) is 5.74. The summed E-state index contributed by atoms with van der Waals surface area (Å²) in [5, 5.41) is 0.582. The predicted molar refractivity (Wildman–Crippen MR) is 70.8 cm³/mol. The van der Waals surface area contributed by atoms with E-state index in [0.717, 1.165) is 0 Å². The van der Waals surface area contributed by atoms with Crippen molar-refractivity contribution in [1.29, 1.82) is 0 Å².